The number of carbonyl (C=O) groups is 1. The van der Waals surface area contributed by atoms with Crippen molar-refractivity contribution in [1.29, 1.82) is 0 Å². The van der Waals surface area contributed by atoms with Crippen molar-refractivity contribution in [2.75, 3.05) is 0 Å². The second-order valence-corrected chi connectivity index (χ2v) is 3.34. The monoisotopic (exact) mass is 201 g/mol. The molecule has 4 nitrogen and oxygen atoms in total. The first kappa shape index (κ1) is 9.58. The van der Waals surface area contributed by atoms with E-state index < -0.39 is 0 Å². The van der Waals surface area contributed by atoms with Crippen LogP contribution in [-0.4, -0.2) is 20.5 Å². The lowest BCUT2D eigenvalue weighted by Gasteiger charge is -1.96. The molecule has 2 aromatic rings. The van der Waals surface area contributed by atoms with Gasteiger partial charge < -0.3 is 0 Å². The van der Waals surface area contributed by atoms with E-state index in [0.717, 1.165) is 5.56 Å². The van der Waals surface area contributed by atoms with Gasteiger partial charge in [-0.15, -0.1) is 0 Å². The second-order valence-electron chi connectivity index (χ2n) is 3.34. The van der Waals surface area contributed by atoms with Gasteiger partial charge in [-0.1, -0.05) is 6.07 Å². The zero-order valence-electron chi connectivity index (χ0n) is 8.42. The van der Waals surface area contributed by atoms with Gasteiger partial charge in [-0.2, -0.15) is 5.10 Å². The molecular formula is C11H11N3O. The average Bonchev–Trinajstić information content (AvgIpc) is 2.66. The fourth-order valence-electron chi connectivity index (χ4n) is 1.34. The van der Waals surface area contributed by atoms with E-state index in [0.29, 0.717) is 12.1 Å². The molecule has 2 aromatic heterocycles. The number of carbonyl (C=O) groups excluding carboxylic acids is 1. The first-order valence-corrected chi connectivity index (χ1v) is 4.67. The van der Waals surface area contributed by atoms with Crippen LogP contribution in [0.1, 0.15) is 16.1 Å². The van der Waals surface area contributed by atoms with Crippen LogP contribution in [0.4, 0.5) is 0 Å². The van der Waals surface area contributed by atoms with Crippen LogP contribution in [0.15, 0.2) is 36.8 Å². The van der Waals surface area contributed by atoms with E-state index in [1.54, 1.807) is 36.4 Å². The zero-order chi connectivity index (χ0) is 10.7. The van der Waals surface area contributed by atoms with Crippen molar-refractivity contribution in [2.45, 2.75) is 6.42 Å². The first-order chi connectivity index (χ1) is 7.25. The molecule has 0 fully saturated rings. The smallest absolute Gasteiger partial charge is 0.187 e. The summed E-state index contributed by atoms with van der Waals surface area (Å²) in [6.07, 6.45) is 5.50. The van der Waals surface area contributed by atoms with Crippen LogP contribution >= 0.6 is 0 Å². The van der Waals surface area contributed by atoms with Crippen molar-refractivity contribution in [3.63, 3.8) is 0 Å². The summed E-state index contributed by atoms with van der Waals surface area (Å²) in [5.74, 6) is 0.0172. The number of pyridine rings is 1. The molecule has 0 bridgehead atoms. The number of hydrogen-bond acceptors (Lipinski definition) is 3. The number of ketones is 1. The highest BCUT2D eigenvalue weighted by molar-refractivity contribution is 5.95. The summed E-state index contributed by atoms with van der Waals surface area (Å²) >= 11 is 0. The molecule has 0 N–H and O–H groups in total. The summed E-state index contributed by atoms with van der Waals surface area (Å²) in [6, 6.07) is 5.42. The average molecular weight is 201 g/mol. The molecule has 76 valence electrons. The van der Waals surface area contributed by atoms with Crippen molar-refractivity contribution < 1.29 is 4.79 Å². The Kier molecular flexibility index (Phi) is 2.58. The molecule has 0 aromatic carbocycles. The summed E-state index contributed by atoms with van der Waals surface area (Å²) in [4.78, 5) is 15.7. The molecule has 4 heteroatoms. The zero-order valence-corrected chi connectivity index (χ0v) is 8.42. The maximum atomic E-state index is 11.7. The number of Topliss-reactive ketones (excluding diaryl/α,β-unsaturated/α-hetero) is 1. The van der Waals surface area contributed by atoms with Gasteiger partial charge >= 0.3 is 0 Å². The molecule has 0 aliphatic carbocycles. The molecule has 0 radical (unpaired) electrons. The van der Waals surface area contributed by atoms with E-state index in [1.165, 1.54) is 0 Å². The lowest BCUT2D eigenvalue weighted by Crippen LogP contribution is -2.05. The van der Waals surface area contributed by atoms with Gasteiger partial charge in [0, 0.05) is 32.1 Å². The minimum Gasteiger partial charge on any atom is -0.292 e. The fraction of sp³-hybridized carbons (Fsp3) is 0.182. The topological polar surface area (TPSA) is 47.8 Å². The van der Waals surface area contributed by atoms with E-state index in [9.17, 15) is 4.79 Å². The Morgan fingerprint density at radius 2 is 2.33 bits per heavy atom. The highest BCUT2D eigenvalue weighted by atomic mass is 16.1. The van der Waals surface area contributed by atoms with Gasteiger partial charge in [-0.3, -0.25) is 14.5 Å². The van der Waals surface area contributed by atoms with Gasteiger partial charge in [-0.05, 0) is 17.7 Å². The van der Waals surface area contributed by atoms with Gasteiger partial charge in [0.05, 0.1) is 0 Å². The molecule has 0 atom stereocenters. The Morgan fingerprint density at radius 1 is 1.47 bits per heavy atom. The van der Waals surface area contributed by atoms with E-state index in [-0.39, 0.29) is 5.78 Å². The minimum absolute atomic E-state index is 0.0172. The molecule has 2 rings (SSSR count). The minimum atomic E-state index is 0.0172. The quantitative estimate of drug-likeness (QED) is 0.702. The van der Waals surface area contributed by atoms with Crippen LogP contribution in [0.3, 0.4) is 0 Å². The predicted molar refractivity (Wildman–Crippen MR) is 55.5 cm³/mol. The van der Waals surface area contributed by atoms with Crippen LogP contribution < -0.4 is 0 Å². The second kappa shape index (κ2) is 4.04. The molecule has 0 spiro atoms. The maximum absolute atomic E-state index is 11.7. The summed E-state index contributed by atoms with van der Waals surface area (Å²) in [5, 5.41) is 4.05. The summed E-state index contributed by atoms with van der Waals surface area (Å²) in [7, 11) is 1.79. The van der Waals surface area contributed by atoms with Gasteiger partial charge in [-0.25, -0.2) is 0 Å². The Morgan fingerprint density at radius 3 is 2.93 bits per heavy atom. The van der Waals surface area contributed by atoms with Crippen LogP contribution in [0, 0.1) is 0 Å². The normalized spacial score (nSPS) is 10.2. The van der Waals surface area contributed by atoms with Crippen molar-refractivity contribution in [2.24, 2.45) is 7.05 Å². The predicted octanol–water partition coefficient (Wildman–Crippen LogP) is 1.24. The SMILES string of the molecule is Cn1ccc(C(=O)Cc2cccnc2)n1. The third-order valence-electron chi connectivity index (χ3n) is 2.09. The van der Waals surface area contributed by atoms with Crippen LogP contribution in [-0.2, 0) is 13.5 Å². The molecular weight excluding hydrogens is 190 g/mol. The number of rotatable bonds is 3. The largest absolute Gasteiger partial charge is 0.292 e. The molecule has 0 amide bonds. The fourth-order valence-corrected chi connectivity index (χ4v) is 1.34. The molecule has 0 aliphatic heterocycles. The Labute approximate surface area is 87.6 Å². The third-order valence-corrected chi connectivity index (χ3v) is 2.09. The summed E-state index contributed by atoms with van der Waals surface area (Å²) in [6.45, 7) is 0. The van der Waals surface area contributed by atoms with Crippen LogP contribution in [0.5, 0.6) is 0 Å². The molecule has 2 heterocycles. The number of aryl methyl sites for hydroxylation is 1. The van der Waals surface area contributed by atoms with Gasteiger partial charge in [0.25, 0.3) is 0 Å². The summed E-state index contributed by atoms with van der Waals surface area (Å²) in [5.41, 5.74) is 1.41. The van der Waals surface area contributed by atoms with Crippen LogP contribution in [0.25, 0.3) is 0 Å². The van der Waals surface area contributed by atoms with Crippen molar-refractivity contribution >= 4 is 5.78 Å². The molecule has 0 saturated heterocycles. The van der Waals surface area contributed by atoms with Gasteiger partial charge in [0.2, 0.25) is 0 Å². The third kappa shape index (κ3) is 2.28. The van der Waals surface area contributed by atoms with Gasteiger partial charge in [0.1, 0.15) is 5.69 Å². The Balaban J connectivity index is 2.11. The molecule has 0 aliphatic rings. The van der Waals surface area contributed by atoms with Crippen molar-refractivity contribution in [3.05, 3.63) is 48.0 Å². The van der Waals surface area contributed by atoms with E-state index >= 15 is 0 Å². The van der Waals surface area contributed by atoms with E-state index in [4.69, 9.17) is 0 Å². The molecule has 0 saturated carbocycles. The van der Waals surface area contributed by atoms with E-state index in [2.05, 4.69) is 10.1 Å². The van der Waals surface area contributed by atoms with Crippen molar-refractivity contribution in [1.82, 2.24) is 14.8 Å². The van der Waals surface area contributed by atoms with Crippen molar-refractivity contribution in [3.8, 4) is 0 Å². The molecule has 0 unspecified atom stereocenters. The Hall–Kier alpha value is -1.97. The van der Waals surface area contributed by atoms with Crippen LogP contribution in [0.2, 0.25) is 0 Å². The number of hydrogen-bond donors (Lipinski definition) is 0. The highest BCUT2D eigenvalue weighted by Crippen LogP contribution is 2.03. The lowest BCUT2D eigenvalue weighted by atomic mass is 10.1. The standard InChI is InChI=1S/C11H11N3O/c1-14-6-4-10(13-14)11(15)7-9-3-2-5-12-8-9/h2-6,8H,7H2,1H3. The number of aromatic nitrogens is 3. The Bertz CT molecular complexity index is 462. The number of nitrogens with zero attached hydrogens (tertiary/aromatic N) is 3. The molecule has 15 heavy (non-hydrogen) atoms. The summed E-state index contributed by atoms with van der Waals surface area (Å²) < 4.78 is 1.62. The maximum Gasteiger partial charge on any atom is 0.187 e. The first-order valence-electron chi connectivity index (χ1n) is 4.67. The van der Waals surface area contributed by atoms with Gasteiger partial charge in [0.15, 0.2) is 5.78 Å². The highest BCUT2D eigenvalue weighted by Gasteiger charge is 2.09. The lowest BCUT2D eigenvalue weighted by molar-refractivity contribution is 0.0987. The van der Waals surface area contributed by atoms with E-state index in [1.807, 2.05) is 12.1 Å².